The smallest absolute Gasteiger partial charge is 0.334 e. The molecule has 0 saturated heterocycles. The number of nitrogens with one attached hydrogen (secondary N) is 1. The van der Waals surface area contributed by atoms with Crippen molar-refractivity contribution >= 4 is 11.5 Å². The highest BCUT2D eigenvalue weighted by Crippen LogP contribution is 2.15. The first-order chi connectivity index (χ1) is 8.49. The molecule has 0 amide bonds. The molecule has 8 nitrogen and oxygen atoms in total. The SMILES string of the molecule is Nc1cc(=O)[nH]c(=O)n1-c1ccc([N+](=O)[O-])cc1. The Hall–Kier alpha value is -2.90. The quantitative estimate of drug-likeness (QED) is 0.572. The topological polar surface area (TPSA) is 124 Å². The second kappa shape index (κ2) is 4.17. The standard InChI is InChI=1S/C10H8N4O4/c11-8-5-9(15)12-10(16)13(8)6-1-3-7(4-2-6)14(17)18/h1-5H,11H2,(H,12,15,16). The maximum Gasteiger partial charge on any atom is 0.334 e. The summed E-state index contributed by atoms with van der Waals surface area (Å²) in [4.78, 5) is 34.6. The second-order valence-electron chi connectivity index (χ2n) is 3.47. The van der Waals surface area contributed by atoms with Crippen LogP contribution in [0.25, 0.3) is 5.69 Å². The van der Waals surface area contributed by atoms with Crippen LogP contribution in [0.2, 0.25) is 0 Å². The van der Waals surface area contributed by atoms with Gasteiger partial charge >= 0.3 is 5.69 Å². The lowest BCUT2D eigenvalue weighted by atomic mass is 10.3. The van der Waals surface area contributed by atoms with E-state index in [1.807, 2.05) is 0 Å². The number of aromatic amines is 1. The van der Waals surface area contributed by atoms with Gasteiger partial charge in [0.05, 0.1) is 10.6 Å². The van der Waals surface area contributed by atoms with E-state index in [2.05, 4.69) is 4.98 Å². The van der Waals surface area contributed by atoms with Crippen molar-refractivity contribution < 1.29 is 4.92 Å². The number of non-ortho nitro benzene ring substituents is 1. The Balaban J connectivity index is 2.59. The molecule has 1 aromatic carbocycles. The number of benzene rings is 1. The summed E-state index contributed by atoms with van der Waals surface area (Å²) in [7, 11) is 0. The van der Waals surface area contributed by atoms with Crippen LogP contribution in [0.3, 0.4) is 0 Å². The molecule has 3 N–H and O–H groups in total. The molecule has 1 heterocycles. The number of hydrogen-bond donors (Lipinski definition) is 2. The highest BCUT2D eigenvalue weighted by atomic mass is 16.6. The third-order valence-electron chi connectivity index (χ3n) is 2.29. The zero-order valence-electron chi connectivity index (χ0n) is 8.99. The number of nitrogens with two attached hydrogens (primary N) is 1. The number of nitrogen functional groups attached to an aromatic ring is 1. The summed E-state index contributed by atoms with van der Waals surface area (Å²) < 4.78 is 1.05. The third kappa shape index (κ3) is 1.98. The molecule has 0 unspecified atom stereocenters. The molecule has 1 aromatic heterocycles. The Labute approximate surface area is 99.5 Å². The molecule has 92 valence electrons. The van der Waals surface area contributed by atoms with Crippen LogP contribution in [0.5, 0.6) is 0 Å². The van der Waals surface area contributed by atoms with Gasteiger partial charge in [-0.05, 0) is 12.1 Å². The van der Waals surface area contributed by atoms with Crippen molar-refractivity contribution in [3.05, 3.63) is 61.3 Å². The van der Waals surface area contributed by atoms with Gasteiger partial charge < -0.3 is 5.73 Å². The molecule has 0 atom stereocenters. The van der Waals surface area contributed by atoms with Crippen molar-refractivity contribution in [1.29, 1.82) is 0 Å². The van der Waals surface area contributed by atoms with E-state index in [1.54, 1.807) is 0 Å². The maximum atomic E-state index is 11.6. The molecular formula is C10H8N4O4. The Morgan fingerprint density at radius 3 is 2.33 bits per heavy atom. The van der Waals surface area contributed by atoms with Gasteiger partial charge in [0.1, 0.15) is 5.82 Å². The van der Waals surface area contributed by atoms with Gasteiger partial charge in [-0.3, -0.25) is 19.9 Å². The van der Waals surface area contributed by atoms with Crippen LogP contribution in [0, 0.1) is 10.1 Å². The first kappa shape index (κ1) is 11.6. The minimum Gasteiger partial charge on any atom is -0.385 e. The molecule has 2 aromatic rings. The van der Waals surface area contributed by atoms with E-state index in [-0.39, 0.29) is 11.5 Å². The number of aromatic nitrogens is 2. The van der Waals surface area contributed by atoms with Crippen LogP contribution in [-0.2, 0) is 0 Å². The summed E-state index contributed by atoms with van der Waals surface area (Å²) in [5.41, 5.74) is 4.49. The van der Waals surface area contributed by atoms with E-state index in [4.69, 9.17) is 5.73 Å². The van der Waals surface area contributed by atoms with Crippen LogP contribution in [0.15, 0.2) is 39.9 Å². The van der Waals surface area contributed by atoms with Gasteiger partial charge in [-0.2, -0.15) is 0 Å². The van der Waals surface area contributed by atoms with Gasteiger partial charge in [0.25, 0.3) is 11.2 Å². The van der Waals surface area contributed by atoms with E-state index in [1.165, 1.54) is 24.3 Å². The lowest BCUT2D eigenvalue weighted by molar-refractivity contribution is -0.384. The summed E-state index contributed by atoms with van der Waals surface area (Å²) >= 11 is 0. The molecule has 0 saturated carbocycles. The average molecular weight is 248 g/mol. The molecule has 2 rings (SSSR count). The van der Waals surface area contributed by atoms with Gasteiger partial charge in [-0.1, -0.05) is 0 Å². The van der Waals surface area contributed by atoms with Crippen LogP contribution < -0.4 is 17.0 Å². The predicted molar refractivity (Wildman–Crippen MR) is 63.7 cm³/mol. The summed E-state index contributed by atoms with van der Waals surface area (Å²) in [5, 5.41) is 10.5. The van der Waals surface area contributed by atoms with Gasteiger partial charge in [-0.25, -0.2) is 9.36 Å². The summed E-state index contributed by atoms with van der Waals surface area (Å²) in [6.45, 7) is 0. The van der Waals surface area contributed by atoms with E-state index >= 15 is 0 Å². The Morgan fingerprint density at radius 1 is 1.22 bits per heavy atom. The van der Waals surface area contributed by atoms with E-state index < -0.39 is 16.2 Å². The number of hydrogen-bond acceptors (Lipinski definition) is 5. The predicted octanol–water partition coefficient (Wildman–Crippen LogP) is 0.0162. The van der Waals surface area contributed by atoms with Crippen LogP contribution >= 0.6 is 0 Å². The van der Waals surface area contributed by atoms with Crippen LogP contribution in [0.4, 0.5) is 11.5 Å². The number of anilines is 1. The molecule has 0 aliphatic carbocycles. The fraction of sp³-hybridized carbons (Fsp3) is 0. The number of rotatable bonds is 2. The molecule has 0 spiro atoms. The van der Waals surface area contributed by atoms with E-state index in [9.17, 15) is 19.7 Å². The van der Waals surface area contributed by atoms with Crippen LogP contribution in [0.1, 0.15) is 0 Å². The van der Waals surface area contributed by atoms with Crippen molar-refractivity contribution in [3.63, 3.8) is 0 Å². The van der Waals surface area contributed by atoms with Crippen molar-refractivity contribution in [3.8, 4) is 5.69 Å². The summed E-state index contributed by atoms with van der Waals surface area (Å²) in [5.74, 6) is -0.0439. The lowest BCUT2D eigenvalue weighted by Crippen LogP contribution is -2.30. The van der Waals surface area contributed by atoms with Crippen LogP contribution in [-0.4, -0.2) is 14.5 Å². The number of nitro benzene ring substituents is 1. The van der Waals surface area contributed by atoms with Gasteiger partial charge in [0.2, 0.25) is 0 Å². The van der Waals surface area contributed by atoms with Crippen molar-refractivity contribution in [2.45, 2.75) is 0 Å². The van der Waals surface area contributed by atoms with E-state index in [0.717, 1.165) is 10.6 Å². The molecule has 0 aliphatic heterocycles. The minimum atomic E-state index is -0.700. The van der Waals surface area contributed by atoms with Gasteiger partial charge in [0.15, 0.2) is 0 Å². The van der Waals surface area contributed by atoms with E-state index in [0.29, 0.717) is 5.69 Å². The first-order valence-corrected chi connectivity index (χ1v) is 4.86. The van der Waals surface area contributed by atoms with Gasteiger partial charge in [0, 0.05) is 18.2 Å². The summed E-state index contributed by atoms with van der Waals surface area (Å²) in [6, 6.07) is 6.28. The van der Waals surface area contributed by atoms with Gasteiger partial charge in [-0.15, -0.1) is 0 Å². The lowest BCUT2D eigenvalue weighted by Gasteiger charge is -2.07. The molecule has 8 heteroatoms. The molecular weight excluding hydrogens is 240 g/mol. The monoisotopic (exact) mass is 248 g/mol. The second-order valence-corrected chi connectivity index (χ2v) is 3.47. The fourth-order valence-corrected chi connectivity index (χ4v) is 1.50. The zero-order chi connectivity index (χ0) is 13.3. The molecule has 0 bridgehead atoms. The number of nitrogens with zero attached hydrogens (tertiary/aromatic N) is 2. The third-order valence-corrected chi connectivity index (χ3v) is 2.29. The van der Waals surface area contributed by atoms with Crippen molar-refractivity contribution in [1.82, 2.24) is 9.55 Å². The molecule has 0 fully saturated rings. The molecule has 0 radical (unpaired) electrons. The normalized spacial score (nSPS) is 10.2. The molecule has 0 aliphatic rings. The largest absolute Gasteiger partial charge is 0.385 e. The Morgan fingerprint density at radius 2 is 1.83 bits per heavy atom. The first-order valence-electron chi connectivity index (χ1n) is 4.86. The zero-order valence-corrected chi connectivity index (χ0v) is 8.99. The Kier molecular flexibility index (Phi) is 2.68. The average Bonchev–Trinajstić information content (AvgIpc) is 2.28. The highest BCUT2D eigenvalue weighted by Gasteiger charge is 2.08. The fourth-order valence-electron chi connectivity index (χ4n) is 1.50. The number of nitro groups is 1. The summed E-state index contributed by atoms with van der Waals surface area (Å²) in [6.07, 6.45) is 0. The minimum absolute atomic E-state index is 0.0439. The maximum absolute atomic E-state index is 11.6. The van der Waals surface area contributed by atoms with Crippen molar-refractivity contribution in [2.24, 2.45) is 0 Å². The Bertz CT molecular complexity index is 714. The molecule has 18 heavy (non-hydrogen) atoms. The number of H-pyrrole nitrogens is 1. The van der Waals surface area contributed by atoms with Crippen molar-refractivity contribution in [2.75, 3.05) is 5.73 Å². The highest BCUT2D eigenvalue weighted by molar-refractivity contribution is 5.45.